The van der Waals surface area contributed by atoms with Gasteiger partial charge in [-0.15, -0.1) is 0 Å². The number of nitrogens with zero attached hydrogens (tertiary/aromatic N) is 3. The first-order chi connectivity index (χ1) is 15.4. The van der Waals surface area contributed by atoms with E-state index in [0.717, 1.165) is 29.7 Å². The van der Waals surface area contributed by atoms with E-state index in [2.05, 4.69) is 0 Å². The third kappa shape index (κ3) is 3.60. The number of halogens is 1. The molecule has 0 unspecified atom stereocenters. The van der Waals surface area contributed by atoms with Crippen LogP contribution < -0.4 is 4.90 Å². The van der Waals surface area contributed by atoms with Crippen LogP contribution in [-0.4, -0.2) is 62.2 Å². The van der Waals surface area contributed by atoms with E-state index in [-0.39, 0.29) is 29.8 Å². The highest BCUT2D eigenvalue weighted by Gasteiger charge is 2.35. The highest BCUT2D eigenvalue weighted by molar-refractivity contribution is 7.89. The highest BCUT2D eigenvalue weighted by atomic mass is 35.5. The molecule has 5 rings (SSSR count). The molecule has 2 aromatic carbocycles. The molecule has 0 radical (unpaired) electrons. The van der Waals surface area contributed by atoms with E-state index < -0.39 is 10.0 Å². The Morgan fingerprint density at radius 2 is 1.59 bits per heavy atom. The molecule has 0 N–H and O–H groups in total. The Labute approximate surface area is 192 Å². The predicted molar refractivity (Wildman–Crippen MR) is 122 cm³/mol. The van der Waals surface area contributed by atoms with Crippen LogP contribution in [0.3, 0.4) is 0 Å². The molecule has 3 aliphatic heterocycles. The van der Waals surface area contributed by atoms with Crippen LogP contribution in [0.4, 0.5) is 5.69 Å². The van der Waals surface area contributed by atoms with Crippen molar-refractivity contribution in [3.8, 4) is 0 Å². The number of aryl methyl sites for hydroxylation is 2. The molecule has 0 saturated carbocycles. The summed E-state index contributed by atoms with van der Waals surface area (Å²) in [4.78, 5) is 28.8. The SMILES string of the molecule is O=C(c1ccccc1Cl)N1CCN(S(=O)(=O)c2cc3c4c(c2)CCC(=O)N4CCC3)CC1. The molecule has 2 aromatic rings. The van der Waals surface area contributed by atoms with Crippen molar-refractivity contribution in [3.05, 3.63) is 58.1 Å². The standard InChI is InChI=1S/C23H24ClN3O4S/c24-20-6-2-1-5-19(20)23(29)25-10-12-26(13-11-25)32(30,31)18-14-16-4-3-9-27-21(28)8-7-17(15-18)22(16)27/h1-2,5-6,14-15H,3-4,7-13H2. The minimum absolute atomic E-state index is 0.119. The van der Waals surface area contributed by atoms with E-state index in [1.807, 2.05) is 4.90 Å². The fraction of sp³-hybridized carbons (Fsp3) is 0.391. The van der Waals surface area contributed by atoms with Gasteiger partial charge >= 0.3 is 0 Å². The van der Waals surface area contributed by atoms with Crippen molar-refractivity contribution in [1.29, 1.82) is 0 Å². The molecule has 7 nitrogen and oxygen atoms in total. The largest absolute Gasteiger partial charge is 0.336 e. The topological polar surface area (TPSA) is 78.0 Å². The van der Waals surface area contributed by atoms with Crippen LogP contribution in [0, 0.1) is 0 Å². The minimum Gasteiger partial charge on any atom is -0.336 e. The van der Waals surface area contributed by atoms with E-state index >= 15 is 0 Å². The average molecular weight is 474 g/mol. The Kier molecular flexibility index (Phi) is 5.47. The van der Waals surface area contributed by atoms with E-state index in [9.17, 15) is 18.0 Å². The average Bonchev–Trinajstić information content (AvgIpc) is 2.81. The van der Waals surface area contributed by atoms with Crippen molar-refractivity contribution in [3.63, 3.8) is 0 Å². The van der Waals surface area contributed by atoms with E-state index in [1.54, 1.807) is 41.3 Å². The Balaban J connectivity index is 1.36. The lowest BCUT2D eigenvalue weighted by Gasteiger charge is -2.37. The summed E-state index contributed by atoms with van der Waals surface area (Å²) in [5.41, 5.74) is 3.22. The van der Waals surface area contributed by atoms with Gasteiger partial charge in [-0.25, -0.2) is 8.42 Å². The number of piperazine rings is 1. The second-order valence-corrected chi connectivity index (χ2v) is 10.8. The summed E-state index contributed by atoms with van der Waals surface area (Å²) in [6.07, 6.45) is 2.60. The van der Waals surface area contributed by atoms with Gasteiger partial charge in [0.25, 0.3) is 5.91 Å². The monoisotopic (exact) mass is 473 g/mol. The van der Waals surface area contributed by atoms with Gasteiger partial charge in [0.15, 0.2) is 0 Å². The van der Waals surface area contributed by atoms with Crippen molar-refractivity contribution in [2.75, 3.05) is 37.6 Å². The predicted octanol–water partition coefficient (Wildman–Crippen LogP) is 2.71. The molecule has 3 heterocycles. The molecule has 0 aliphatic carbocycles. The van der Waals surface area contributed by atoms with Gasteiger partial charge in [-0.3, -0.25) is 9.59 Å². The Bertz CT molecular complexity index is 1190. The van der Waals surface area contributed by atoms with E-state index in [1.165, 1.54) is 4.31 Å². The normalized spacial score (nSPS) is 19.1. The first-order valence-electron chi connectivity index (χ1n) is 10.9. The summed E-state index contributed by atoms with van der Waals surface area (Å²) < 4.78 is 28.3. The van der Waals surface area contributed by atoms with Crippen molar-refractivity contribution in [1.82, 2.24) is 9.21 Å². The van der Waals surface area contributed by atoms with Crippen LogP contribution in [0.15, 0.2) is 41.3 Å². The van der Waals surface area contributed by atoms with E-state index in [4.69, 9.17) is 11.6 Å². The number of anilines is 1. The Hall–Kier alpha value is -2.42. The molecule has 0 atom stereocenters. The number of rotatable bonds is 3. The third-order valence-corrected chi connectivity index (χ3v) is 8.72. The second-order valence-electron chi connectivity index (χ2n) is 8.42. The first kappa shape index (κ1) is 21.4. The molecule has 1 saturated heterocycles. The van der Waals surface area contributed by atoms with Crippen LogP contribution in [0.25, 0.3) is 0 Å². The fourth-order valence-corrected chi connectivity index (χ4v) is 6.60. The molecule has 9 heteroatoms. The molecule has 0 bridgehead atoms. The number of hydrogen-bond acceptors (Lipinski definition) is 4. The summed E-state index contributed by atoms with van der Waals surface area (Å²) in [7, 11) is -3.69. The van der Waals surface area contributed by atoms with Crippen LogP contribution >= 0.6 is 11.6 Å². The number of carbonyl (C=O) groups excluding carboxylic acids is 2. The first-order valence-corrected chi connectivity index (χ1v) is 12.7. The summed E-state index contributed by atoms with van der Waals surface area (Å²) in [5.74, 6) is -0.0658. The molecule has 0 aromatic heterocycles. The van der Waals surface area contributed by atoms with Crippen molar-refractivity contribution in [2.45, 2.75) is 30.6 Å². The molecule has 32 heavy (non-hydrogen) atoms. The van der Waals surface area contributed by atoms with Gasteiger partial charge < -0.3 is 9.80 Å². The zero-order chi connectivity index (χ0) is 22.5. The number of amides is 2. The Morgan fingerprint density at radius 3 is 2.31 bits per heavy atom. The summed E-state index contributed by atoms with van der Waals surface area (Å²) in [6, 6.07) is 10.4. The van der Waals surface area contributed by atoms with Gasteiger partial charge in [-0.05, 0) is 54.7 Å². The van der Waals surface area contributed by atoms with Crippen LogP contribution in [0.2, 0.25) is 5.02 Å². The lowest BCUT2D eigenvalue weighted by atomic mass is 9.92. The molecule has 2 amide bonds. The summed E-state index contributed by atoms with van der Waals surface area (Å²) in [6.45, 7) is 1.78. The maximum Gasteiger partial charge on any atom is 0.255 e. The van der Waals surface area contributed by atoms with Gasteiger partial charge in [0.1, 0.15) is 0 Å². The number of hydrogen-bond donors (Lipinski definition) is 0. The van der Waals surface area contributed by atoms with Crippen LogP contribution in [0.1, 0.15) is 34.3 Å². The van der Waals surface area contributed by atoms with Crippen molar-refractivity contribution >= 4 is 39.1 Å². The molecule has 0 spiro atoms. The quantitative estimate of drug-likeness (QED) is 0.686. The lowest BCUT2D eigenvalue weighted by Crippen LogP contribution is -2.50. The summed E-state index contributed by atoms with van der Waals surface area (Å²) >= 11 is 6.15. The van der Waals surface area contributed by atoms with Crippen LogP contribution in [0.5, 0.6) is 0 Å². The zero-order valence-corrected chi connectivity index (χ0v) is 19.2. The number of carbonyl (C=O) groups is 2. The summed E-state index contributed by atoms with van der Waals surface area (Å²) in [5, 5.41) is 0.392. The van der Waals surface area contributed by atoms with Crippen LogP contribution in [-0.2, 0) is 27.7 Å². The molecule has 168 valence electrons. The maximum atomic E-state index is 13.4. The minimum atomic E-state index is -3.69. The molecular weight excluding hydrogens is 450 g/mol. The van der Waals surface area contributed by atoms with E-state index in [0.29, 0.717) is 43.1 Å². The van der Waals surface area contributed by atoms with Gasteiger partial charge in [0, 0.05) is 39.1 Å². The van der Waals surface area contributed by atoms with Gasteiger partial charge in [-0.2, -0.15) is 4.31 Å². The van der Waals surface area contributed by atoms with Crippen molar-refractivity contribution in [2.24, 2.45) is 0 Å². The Morgan fingerprint density at radius 1 is 0.906 bits per heavy atom. The fourth-order valence-electron chi connectivity index (χ4n) is 4.86. The molecule has 3 aliphatic rings. The van der Waals surface area contributed by atoms with Gasteiger partial charge in [-0.1, -0.05) is 23.7 Å². The third-order valence-electron chi connectivity index (χ3n) is 6.52. The smallest absolute Gasteiger partial charge is 0.255 e. The highest BCUT2D eigenvalue weighted by Crippen LogP contribution is 2.38. The van der Waals surface area contributed by atoms with Gasteiger partial charge in [0.05, 0.1) is 21.2 Å². The number of benzene rings is 2. The lowest BCUT2D eigenvalue weighted by molar-refractivity contribution is -0.119. The number of sulfonamides is 1. The maximum absolute atomic E-state index is 13.4. The van der Waals surface area contributed by atoms with Gasteiger partial charge in [0.2, 0.25) is 15.9 Å². The molecular formula is C23H24ClN3O4S. The molecule has 1 fully saturated rings. The van der Waals surface area contributed by atoms with Crippen molar-refractivity contribution < 1.29 is 18.0 Å². The zero-order valence-electron chi connectivity index (χ0n) is 17.6. The second kappa shape index (κ2) is 8.17.